The zero-order chi connectivity index (χ0) is 11.7. The zero-order valence-corrected chi connectivity index (χ0v) is 7.75. The van der Waals surface area contributed by atoms with Gasteiger partial charge in [0, 0.05) is 12.4 Å². The summed E-state index contributed by atoms with van der Waals surface area (Å²) in [6, 6.07) is 2.36. The number of hydrogen-bond acceptors (Lipinski definition) is 2. The van der Waals surface area contributed by atoms with Crippen molar-refractivity contribution in [3.63, 3.8) is 0 Å². The van der Waals surface area contributed by atoms with Gasteiger partial charge in [-0.05, 0) is 18.6 Å². The van der Waals surface area contributed by atoms with Gasteiger partial charge < -0.3 is 5.11 Å². The van der Waals surface area contributed by atoms with Crippen molar-refractivity contribution in [2.24, 2.45) is 0 Å². The Hall–Kier alpha value is -1.59. The molecule has 82 valence electrons. The molecule has 0 aromatic carbocycles. The fourth-order valence-corrected chi connectivity index (χ4v) is 1.07. The number of aromatic nitrogens is 1. The molecule has 3 nitrogen and oxygen atoms in total. The molecule has 0 spiro atoms. The average Bonchev–Trinajstić information content (AvgIpc) is 2.16. The molecule has 1 unspecified atom stereocenters. The van der Waals surface area contributed by atoms with Crippen LogP contribution in [0.3, 0.4) is 0 Å². The minimum atomic E-state index is -4.86. The van der Waals surface area contributed by atoms with E-state index in [4.69, 9.17) is 5.11 Å². The van der Waals surface area contributed by atoms with Crippen LogP contribution in [0.25, 0.3) is 0 Å². The molecule has 0 aliphatic carbocycles. The monoisotopic (exact) mass is 219 g/mol. The van der Waals surface area contributed by atoms with Crippen LogP contribution in [0.15, 0.2) is 24.5 Å². The van der Waals surface area contributed by atoms with E-state index in [1.165, 1.54) is 12.3 Å². The largest absolute Gasteiger partial charge is 0.480 e. The van der Waals surface area contributed by atoms with Crippen LogP contribution in [0.5, 0.6) is 0 Å². The van der Waals surface area contributed by atoms with E-state index in [1.54, 1.807) is 0 Å². The molecule has 1 atom stereocenters. The standard InChI is InChI=1S/C9H8F3NO2/c1-8(7(14)15,9(10,11)12)6-3-2-4-13-5-6/h2-5H,1H3,(H,14,15). The highest BCUT2D eigenvalue weighted by Gasteiger charge is 2.58. The van der Waals surface area contributed by atoms with Gasteiger partial charge >= 0.3 is 12.1 Å². The third kappa shape index (κ3) is 1.79. The molecule has 15 heavy (non-hydrogen) atoms. The molecule has 0 bridgehead atoms. The average molecular weight is 219 g/mol. The first-order valence-corrected chi connectivity index (χ1v) is 4.01. The maximum Gasteiger partial charge on any atom is 0.408 e. The predicted octanol–water partition coefficient (Wildman–Crippen LogP) is 1.99. The van der Waals surface area contributed by atoms with Crippen molar-refractivity contribution in [2.75, 3.05) is 0 Å². The normalized spacial score (nSPS) is 15.7. The Morgan fingerprint density at radius 2 is 2.07 bits per heavy atom. The molecular weight excluding hydrogens is 211 g/mol. The highest BCUT2D eigenvalue weighted by molar-refractivity contribution is 5.81. The Morgan fingerprint density at radius 1 is 1.47 bits per heavy atom. The molecule has 0 radical (unpaired) electrons. The molecule has 6 heteroatoms. The molecular formula is C9H8F3NO2. The van der Waals surface area contributed by atoms with Gasteiger partial charge in [0.2, 0.25) is 0 Å². The van der Waals surface area contributed by atoms with Gasteiger partial charge in [0.25, 0.3) is 0 Å². The molecule has 0 amide bonds. The summed E-state index contributed by atoms with van der Waals surface area (Å²) in [5, 5.41) is 8.67. The SMILES string of the molecule is CC(C(=O)O)(c1cccnc1)C(F)(F)F. The molecule has 1 heterocycles. The summed E-state index contributed by atoms with van der Waals surface area (Å²) in [5.74, 6) is -1.94. The van der Waals surface area contributed by atoms with E-state index < -0.39 is 17.6 Å². The maximum atomic E-state index is 12.6. The van der Waals surface area contributed by atoms with Crippen LogP contribution < -0.4 is 0 Å². The van der Waals surface area contributed by atoms with Crippen molar-refractivity contribution >= 4 is 5.97 Å². The van der Waals surface area contributed by atoms with Crippen LogP contribution in [-0.2, 0) is 10.2 Å². The maximum absolute atomic E-state index is 12.6. The molecule has 1 aromatic rings. The fraction of sp³-hybridized carbons (Fsp3) is 0.333. The van der Waals surface area contributed by atoms with Gasteiger partial charge in [-0.1, -0.05) is 6.07 Å². The van der Waals surface area contributed by atoms with Crippen molar-refractivity contribution in [1.82, 2.24) is 4.98 Å². The van der Waals surface area contributed by atoms with E-state index in [0.717, 1.165) is 12.3 Å². The molecule has 1 aromatic heterocycles. The van der Waals surface area contributed by atoms with E-state index in [1.807, 2.05) is 0 Å². The first-order chi connectivity index (χ1) is 6.80. The number of halogens is 3. The van der Waals surface area contributed by atoms with Crippen molar-refractivity contribution in [1.29, 1.82) is 0 Å². The van der Waals surface area contributed by atoms with Gasteiger partial charge in [-0.15, -0.1) is 0 Å². The lowest BCUT2D eigenvalue weighted by Crippen LogP contribution is -2.46. The molecule has 0 aliphatic heterocycles. The number of alkyl halides is 3. The van der Waals surface area contributed by atoms with Gasteiger partial charge in [0.1, 0.15) is 0 Å². The fourth-order valence-electron chi connectivity index (χ4n) is 1.07. The molecule has 0 saturated carbocycles. The lowest BCUT2D eigenvalue weighted by molar-refractivity contribution is -0.201. The smallest absolute Gasteiger partial charge is 0.408 e. The molecule has 0 aliphatic rings. The third-order valence-corrected chi connectivity index (χ3v) is 2.23. The Labute approximate surface area is 83.6 Å². The number of pyridine rings is 1. The number of aliphatic carboxylic acids is 1. The Kier molecular flexibility index (Phi) is 2.70. The molecule has 1 N–H and O–H groups in total. The summed E-state index contributed by atoms with van der Waals surface area (Å²) >= 11 is 0. The van der Waals surface area contributed by atoms with Crippen molar-refractivity contribution in [3.8, 4) is 0 Å². The van der Waals surface area contributed by atoms with Crippen molar-refractivity contribution in [3.05, 3.63) is 30.1 Å². The lowest BCUT2D eigenvalue weighted by Gasteiger charge is -2.27. The second-order valence-corrected chi connectivity index (χ2v) is 3.17. The first kappa shape index (κ1) is 11.5. The Balaban J connectivity index is 3.32. The highest BCUT2D eigenvalue weighted by Crippen LogP contribution is 2.40. The number of hydrogen-bond donors (Lipinski definition) is 1. The molecule has 0 saturated heterocycles. The zero-order valence-electron chi connectivity index (χ0n) is 7.75. The second kappa shape index (κ2) is 3.52. The highest BCUT2D eigenvalue weighted by atomic mass is 19.4. The van der Waals surface area contributed by atoms with E-state index in [2.05, 4.69) is 4.98 Å². The van der Waals surface area contributed by atoms with E-state index >= 15 is 0 Å². The van der Waals surface area contributed by atoms with Gasteiger partial charge in [-0.25, -0.2) is 0 Å². The van der Waals surface area contributed by atoms with Gasteiger partial charge in [0.05, 0.1) is 0 Å². The van der Waals surface area contributed by atoms with Crippen LogP contribution in [-0.4, -0.2) is 22.2 Å². The minimum Gasteiger partial charge on any atom is -0.480 e. The number of nitrogens with zero attached hydrogens (tertiary/aromatic N) is 1. The van der Waals surface area contributed by atoms with Crippen LogP contribution in [0.2, 0.25) is 0 Å². The van der Waals surface area contributed by atoms with E-state index in [9.17, 15) is 18.0 Å². The number of carbonyl (C=O) groups is 1. The summed E-state index contributed by atoms with van der Waals surface area (Å²) in [6.07, 6.45) is -2.67. The summed E-state index contributed by atoms with van der Waals surface area (Å²) < 4.78 is 37.9. The Bertz CT molecular complexity index is 363. The first-order valence-electron chi connectivity index (χ1n) is 4.01. The van der Waals surface area contributed by atoms with Gasteiger partial charge in [-0.3, -0.25) is 9.78 Å². The van der Waals surface area contributed by atoms with Crippen LogP contribution in [0.4, 0.5) is 13.2 Å². The minimum absolute atomic E-state index is 0.384. The lowest BCUT2D eigenvalue weighted by atomic mass is 9.83. The summed E-state index contributed by atoms with van der Waals surface area (Å²) in [7, 11) is 0. The van der Waals surface area contributed by atoms with Gasteiger partial charge in [0.15, 0.2) is 5.41 Å². The number of rotatable bonds is 2. The van der Waals surface area contributed by atoms with E-state index in [0.29, 0.717) is 6.92 Å². The summed E-state index contributed by atoms with van der Waals surface area (Å²) in [6.45, 7) is 0.617. The number of carboxylic acids is 1. The van der Waals surface area contributed by atoms with Crippen LogP contribution >= 0.6 is 0 Å². The quantitative estimate of drug-likeness (QED) is 0.827. The Morgan fingerprint density at radius 3 is 2.40 bits per heavy atom. The molecule has 1 rings (SSSR count). The second-order valence-electron chi connectivity index (χ2n) is 3.17. The van der Waals surface area contributed by atoms with Crippen molar-refractivity contribution < 1.29 is 23.1 Å². The molecule has 0 fully saturated rings. The van der Waals surface area contributed by atoms with E-state index in [-0.39, 0.29) is 5.56 Å². The summed E-state index contributed by atoms with van der Waals surface area (Å²) in [5.41, 5.74) is -3.30. The van der Waals surface area contributed by atoms with Crippen LogP contribution in [0.1, 0.15) is 12.5 Å². The third-order valence-electron chi connectivity index (χ3n) is 2.23. The topological polar surface area (TPSA) is 50.2 Å². The predicted molar refractivity (Wildman–Crippen MR) is 45.3 cm³/mol. The van der Waals surface area contributed by atoms with Crippen molar-refractivity contribution in [2.45, 2.75) is 18.5 Å². The summed E-state index contributed by atoms with van der Waals surface area (Å²) in [4.78, 5) is 14.2. The number of carboxylic acid groups (broad SMARTS) is 1. The van der Waals surface area contributed by atoms with Crippen LogP contribution in [0, 0.1) is 0 Å². The van der Waals surface area contributed by atoms with Gasteiger partial charge in [-0.2, -0.15) is 13.2 Å².